The molecule has 0 spiro atoms. The molecule has 2 rings (SSSR count). The van der Waals surface area contributed by atoms with Gasteiger partial charge >= 0.3 is 11.7 Å². The molecule has 0 saturated heterocycles. The second-order valence-electron chi connectivity index (χ2n) is 4.33. The molecule has 116 valence electrons. The predicted molar refractivity (Wildman–Crippen MR) is 72.2 cm³/mol. The summed E-state index contributed by atoms with van der Waals surface area (Å²) in [6.07, 6.45) is 0. The molecule has 0 aliphatic heterocycles. The summed E-state index contributed by atoms with van der Waals surface area (Å²) in [5.41, 5.74) is -0.132. The number of aryl methyl sites for hydroxylation is 1. The van der Waals surface area contributed by atoms with E-state index in [4.69, 9.17) is 9.15 Å². The summed E-state index contributed by atoms with van der Waals surface area (Å²) < 4.78 is 28.3. The molecule has 1 aromatic carbocycles. The van der Waals surface area contributed by atoms with Crippen LogP contribution in [0, 0.1) is 22.9 Å². The first-order valence-corrected chi connectivity index (χ1v) is 6.16. The summed E-state index contributed by atoms with van der Waals surface area (Å²) in [5, 5.41) is 10.8. The van der Waals surface area contributed by atoms with Crippen LogP contribution in [-0.4, -0.2) is 18.0 Å². The third-order valence-corrected chi connectivity index (χ3v) is 2.86. The summed E-state index contributed by atoms with van der Waals surface area (Å²) in [4.78, 5) is 21.6. The number of hydrogen-bond donors (Lipinski definition) is 0. The van der Waals surface area contributed by atoms with Gasteiger partial charge in [-0.05, 0) is 19.1 Å². The monoisotopic (exact) mass is 309 g/mol. The van der Waals surface area contributed by atoms with E-state index in [-0.39, 0.29) is 29.4 Å². The Morgan fingerprint density at radius 3 is 2.77 bits per heavy atom. The van der Waals surface area contributed by atoms with Crippen molar-refractivity contribution in [3.8, 4) is 5.75 Å². The molecule has 0 aliphatic rings. The van der Waals surface area contributed by atoms with E-state index in [2.05, 4.69) is 4.74 Å². The number of esters is 1. The van der Waals surface area contributed by atoms with Gasteiger partial charge in [0.1, 0.15) is 29.5 Å². The highest BCUT2D eigenvalue weighted by atomic mass is 19.1. The molecule has 0 radical (unpaired) electrons. The molecule has 0 bridgehead atoms. The number of rotatable bonds is 5. The van der Waals surface area contributed by atoms with Crippen LogP contribution >= 0.6 is 0 Å². The lowest BCUT2D eigenvalue weighted by atomic mass is 10.2. The lowest BCUT2D eigenvalue weighted by Gasteiger charge is -2.04. The van der Waals surface area contributed by atoms with Crippen LogP contribution in [0.15, 0.2) is 28.7 Å². The summed E-state index contributed by atoms with van der Waals surface area (Å²) >= 11 is 0. The highest BCUT2D eigenvalue weighted by Gasteiger charge is 2.19. The second-order valence-corrected chi connectivity index (χ2v) is 4.33. The third kappa shape index (κ3) is 3.22. The number of benzene rings is 1. The zero-order chi connectivity index (χ0) is 16.3. The first-order valence-electron chi connectivity index (χ1n) is 6.16. The van der Waals surface area contributed by atoms with Gasteiger partial charge in [0.2, 0.25) is 0 Å². The molecule has 0 fully saturated rings. The fourth-order valence-electron chi connectivity index (χ4n) is 1.83. The van der Waals surface area contributed by atoms with Crippen LogP contribution in [0.3, 0.4) is 0 Å². The maximum atomic E-state index is 13.2. The minimum absolute atomic E-state index is 0.192. The number of carbonyl (C=O) groups excluding carboxylic acids is 1. The van der Waals surface area contributed by atoms with E-state index in [1.165, 1.54) is 13.2 Å². The Hall–Kier alpha value is -2.90. The van der Waals surface area contributed by atoms with Crippen molar-refractivity contribution in [3.05, 3.63) is 57.3 Å². The van der Waals surface area contributed by atoms with Crippen molar-refractivity contribution < 1.29 is 28.0 Å². The smallest absolute Gasteiger partial charge is 0.341 e. The normalized spacial score (nSPS) is 10.3. The molecule has 7 nitrogen and oxygen atoms in total. The van der Waals surface area contributed by atoms with Crippen molar-refractivity contribution in [2.75, 3.05) is 7.11 Å². The average molecular weight is 309 g/mol. The Morgan fingerprint density at radius 1 is 1.41 bits per heavy atom. The molecular weight excluding hydrogens is 297 g/mol. The zero-order valence-corrected chi connectivity index (χ0v) is 11.8. The number of methoxy groups -OCH3 is 1. The van der Waals surface area contributed by atoms with Gasteiger partial charge in [0.25, 0.3) is 0 Å². The van der Waals surface area contributed by atoms with Gasteiger partial charge in [0.15, 0.2) is 5.75 Å². The van der Waals surface area contributed by atoms with Crippen molar-refractivity contribution >= 4 is 11.7 Å². The Balaban J connectivity index is 2.19. The van der Waals surface area contributed by atoms with Crippen LogP contribution in [0.1, 0.15) is 21.9 Å². The molecule has 1 heterocycles. The van der Waals surface area contributed by atoms with Crippen LogP contribution in [0.25, 0.3) is 0 Å². The lowest BCUT2D eigenvalue weighted by Crippen LogP contribution is -2.01. The second kappa shape index (κ2) is 6.25. The molecule has 0 aliphatic carbocycles. The lowest BCUT2D eigenvalue weighted by molar-refractivity contribution is -0.386. The van der Waals surface area contributed by atoms with Crippen LogP contribution in [0.4, 0.5) is 10.1 Å². The number of ether oxygens (including phenoxy) is 2. The molecule has 0 saturated carbocycles. The Morgan fingerprint density at radius 2 is 2.14 bits per heavy atom. The standard InChI is InChI=1S/C14H12FNO6/c1-8-11(14(17)20-2)6-10(22-8)7-21-13-5-9(15)3-4-12(13)16(18)19/h3-6H,7H2,1-2H3. The molecule has 0 atom stereocenters. The molecule has 2 aromatic rings. The highest BCUT2D eigenvalue weighted by molar-refractivity contribution is 5.90. The largest absolute Gasteiger partial charge is 0.479 e. The van der Waals surface area contributed by atoms with Crippen molar-refractivity contribution in [3.63, 3.8) is 0 Å². The predicted octanol–water partition coefficient (Wildman–Crippen LogP) is 3.00. The summed E-state index contributed by atoms with van der Waals surface area (Å²) in [5.74, 6) is -0.856. The molecular formula is C14H12FNO6. The molecule has 1 aromatic heterocycles. The van der Waals surface area contributed by atoms with E-state index >= 15 is 0 Å². The summed E-state index contributed by atoms with van der Waals surface area (Å²) in [7, 11) is 1.24. The van der Waals surface area contributed by atoms with Crippen LogP contribution in [-0.2, 0) is 11.3 Å². The van der Waals surface area contributed by atoms with Gasteiger partial charge in [0.05, 0.1) is 12.0 Å². The maximum Gasteiger partial charge on any atom is 0.341 e. The van der Waals surface area contributed by atoms with E-state index in [1.54, 1.807) is 6.92 Å². The van der Waals surface area contributed by atoms with Gasteiger partial charge in [-0.1, -0.05) is 0 Å². The average Bonchev–Trinajstić information content (AvgIpc) is 2.85. The topological polar surface area (TPSA) is 91.8 Å². The van der Waals surface area contributed by atoms with Crippen LogP contribution < -0.4 is 4.74 Å². The molecule has 0 amide bonds. The quantitative estimate of drug-likeness (QED) is 0.479. The summed E-state index contributed by atoms with van der Waals surface area (Å²) in [6, 6.07) is 4.30. The van der Waals surface area contributed by atoms with Gasteiger partial charge in [-0.3, -0.25) is 10.1 Å². The van der Waals surface area contributed by atoms with Crippen molar-refractivity contribution in [2.24, 2.45) is 0 Å². The number of nitro groups is 1. The Bertz CT molecular complexity index is 724. The van der Waals surface area contributed by atoms with Gasteiger partial charge in [-0.25, -0.2) is 9.18 Å². The number of nitro benzene ring substituents is 1. The zero-order valence-electron chi connectivity index (χ0n) is 11.8. The molecule has 8 heteroatoms. The number of nitrogens with zero attached hydrogens (tertiary/aromatic N) is 1. The molecule has 22 heavy (non-hydrogen) atoms. The first-order chi connectivity index (χ1) is 10.4. The Kier molecular flexibility index (Phi) is 4.40. The van der Waals surface area contributed by atoms with Gasteiger partial charge < -0.3 is 13.9 Å². The minimum Gasteiger partial charge on any atom is -0.479 e. The summed E-state index contributed by atoms with van der Waals surface area (Å²) in [6.45, 7) is 1.38. The SMILES string of the molecule is COC(=O)c1cc(COc2cc(F)ccc2[N+](=O)[O-])oc1C. The highest BCUT2D eigenvalue weighted by Crippen LogP contribution is 2.28. The van der Waals surface area contributed by atoms with E-state index < -0.39 is 16.7 Å². The Labute approximate surface area is 124 Å². The number of halogens is 1. The molecule has 0 unspecified atom stereocenters. The minimum atomic E-state index is -0.679. The number of furan rings is 1. The van der Waals surface area contributed by atoms with E-state index in [9.17, 15) is 19.3 Å². The number of hydrogen-bond acceptors (Lipinski definition) is 6. The van der Waals surface area contributed by atoms with Crippen LogP contribution in [0.2, 0.25) is 0 Å². The van der Waals surface area contributed by atoms with Crippen molar-refractivity contribution in [2.45, 2.75) is 13.5 Å². The fraction of sp³-hybridized carbons (Fsp3) is 0.214. The van der Waals surface area contributed by atoms with E-state index in [0.29, 0.717) is 5.76 Å². The maximum absolute atomic E-state index is 13.2. The third-order valence-electron chi connectivity index (χ3n) is 2.86. The van der Waals surface area contributed by atoms with Gasteiger partial charge in [0, 0.05) is 12.1 Å². The van der Waals surface area contributed by atoms with Gasteiger partial charge in [-0.2, -0.15) is 0 Å². The van der Waals surface area contributed by atoms with Crippen molar-refractivity contribution in [1.29, 1.82) is 0 Å². The van der Waals surface area contributed by atoms with Crippen LogP contribution in [0.5, 0.6) is 5.75 Å². The van der Waals surface area contributed by atoms with Gasteiger partial charge in [-0.15, -0.1) is 0 Å². The molecule has 0 N–H and O–H groups in total. The van der Waals surface area contributed by atoms with E-state index in [1.807, 2.05) is 0 Å². The van der Waals surface area contributed by atoms with Crippen molar-refractivity contribution in [1.82, 2.24) is 0 Å². The van der Waals surface area contributed by atoms with E-state index in [0.717, 1.165) is 18.2 Å². The number of carbonyl (C=O) groups is 1. The fourth-order valence-corrected chi connectivity index (χ4v) is 1.83. The first kappa shape index (κ1) is 15.5.